The Morgan fingerprint density at radius 2 is 2.38 bits per heavy atom. The lowest BCUT2D eigenvalue weighted by Crippen LogP contribution is -2.30. The van der Waals surface area contributed by atoms with Crippen molar-refractivity contribution in [2.45, 2.75) is 19.4 Å². The van der Waals surface area contributed by atoms with Crippen molar-refractivity contribution in [2.24, 2.45) is 5.84 Å². The Kier molecular flexibility index (Phi) is 3.34. The third kappa shape index (κ3) is 2.29. The summed E-state index contributed by atoms with van der Waals surface area (Å²) in [5.74, 6) is 5.58. The molecule has 0 amide bonds. The summed E-state index contributed by atoms with van der Waals surface area (Å²) in [6, 6.07) is 5.96. The van der Waals surface area contributed by atoms with Gasteiger partial charge in [-0.1, -0.05) is 6.07 Å². The Hall–Kier alpha value is -1.65. The Morgan fingerprint density at radius 3 is 3.00 bits per heavy atom. The van der Waals surface area contributed by atoms with Crippen molar-refractivity contribution in [3.05, 3.63) is 53.7 Å². The van der Waals surface area contributed by atoms with Gasteiger partial charge in [0.25, 0.3) is 0 Å². The van der Waals surface area contributed by atoms with Gasteiger partial charge in [0, 0.05) is 11.9 Å². The number of nitrogens with two attached hydrogens (primary N) is 1. The molecule has 0 aliphatic rings. The maximum atomic E-state index is 5.58. The van der Waals surface area contributed by atoms with Crippen LogP contribution in [0, 0.1) is 6.92 Å². The van der Waals surface area contributed by atoms with Crippen LogP contribution in [-0.2, 0) is 6.42 Å². The molecular formula is C12H15N3O. The first-order valence-corrected chi connectivity index (χ1v) is 5.20. The fourth-order valence-corrected chi connectivity index (χ4v) is 1.77. The number of hydrogen-bond donors (Lipinski definition) is 2. The number of furan rings is 1. The van der Waals surface area contributed by atoms with Crippen molar-refractivity contribution in [3.8, 4) is 0 Å². The molecule has 0 saturated heterocycles. The molecule has 4 nitrogen and oxygen atoms in total. The molecule has 2 aromatic rings. The van der Waals surface area contributed by atoms with E-state index in [-0.39, 0.29) is 6.04 Å². The molecule has 1 unspecified atom stereocenters. The van der Waals surface area contributed by atoms with Gasteiger partial charge in [-0.25, -0.2) is 0 Å². The van der Waals surface area contributed by atoms with Gasteiger partial charge < -0.3 is 4.42 Å². The number of hydrogen-bond acceptors (Lipinski definition) is 4. The molecule has 2 aromatic heterocycles. The van der Waals surface area contributed by atoms with E-state index in [9.17, 15) is 0 Å². The van der Waals surface area contributed by atoms with Crippen LogP contribution in [0.1, 0.15) is 22.9 Å². The van der Waals surface area contributed by atoms with E-state index in [1.807, 2.05) is 25.1 Å². The number of pyridine rings is 1. The maximum Gasteiger partial charge on any atom is 0.0935 e. The average molecular weight is 217 g/mol. The lowest BCUT2D eigenvalue weighted by molar-refractivity contribution is 0.533. The van der Waals surface area contributed by atoms with E-state index < -0.39 is 0 Å². The zero-order valence-electron chi connectivity index (χ0n) is 9.18. The average Bonchev–Trinajstić information content (AvgIpc) is 2.80. The zero-order chi connectivity index (χ0) is 11.4. The van der Waals surface area contributed by atoms with Crippen LogP contribution in [0.25, 0.3) is 0 Å². The summed E-state index contributed by atoms with van der Waals surface area (Å²) in [6.45, 7) is 1.98. The SMILES string of the molecule is Cc1ncccc1C(Cc1ccoc1)NN. The van der Waals surface area contributed by atoms with Crippen molar-refractivity contribution in [1.29, 1.82) is 0 Å². The molecule has 0 bridgehead atoms. The van der Waals surface area contributed by atoms with E-state index in [4.69, 9.17) is 10.3 Å². The Bertz CT molecular complexity index is 439. The summed E-state index contributed by atoms with van der Waals surface area (Å²) < 4.78 is 5.04. The molecule has 3 N–H and O–H groups in total. The smallest absolute Gasteiger partial charge is 0.0935 e. The van der Waals surface area contributed by atoms with Gasteiger partial charge in [0.15, 0.2) is 0 Å². The number of hydrazine groups is 1. The van der Waals surface area contributed by atoms with E-state index in [2.05, 4.69) is 10.4 Å². The molecule has 0 aliphatic heterocycles. The zero-order valence-corrected chi connectivity index (χ0v) is 9.18. The van der Waals surface area contributed by atoms with Crippen LogP contribution in [0.15, 0.2) is 41.3 Å². The normalized spacial score (nSPS) is 12.6. The predicted molar refractivity (Wildman–Crippen MR) is 61.5 cm³/mol. The Morgan fingerprint density at radius 1 is 1.50 bits per heavy atom. The third-order valence-corrected chi connectivity index (χ3v) is 2.64. The van der Waals surface area contributed by atoms with Gasteiger partial charge >= 0.3 is 0 Å². The topological polar surface area (TPSA) is 64.1 Å². The van der Waals surface area contributed by atoms with Gasteiger partial charge in [-0.15, -0.1) is 0 Å². The van der Waals surface area contributed by atoms with Crippen molar-refractivity contribution in [3.63, 3.8) is 0 Å². The second-order valence-corrected chi connectivity index (χ2v) is 3.73. The van der Waals surface area contributed by atoms with Gasteiger partial charge in [0.05, 0.1) is 18.6 Å². The highest BCUT2D eigenvalue weighted by Gasteiger charge is 2.13. The highest BCUT2D eigenvalue weighted by atomic mass is 16.3. The first-order valence-electron chi connectivity index (χ1n) is 5.20. The van der Waals surface area contributed by atoms with Gasteiger partial charge in [-0.2, -0.15) is 0 Å². The molecule has 2 heterocycles. The van der Waals surface area contributed by atoms with Gasteiger partial charge in [-0.05, 0) is 36.6 Å². The second-order valence-electron chi connectivity index (χ2n) is 3.73. The lowest BCUT2D eigenvalue weighted by atomic mass is 10.0. The minimum absolute atomic E-state index is 0.0614. The maximum absolute atomic E-state index is 5.58. The summed E-state index contributed by atoms with van der Waals surface area (Å²) in [6.07, 6.45) is 5.97. The number of aromatic nitrogens is 1. The molecule has 0 spiro atoms. The van der Waals surface area contributed by atoms with Crippen molar-refractivity contribution in [2.75, 3.05) is 0 Å². The quantitative estimate of drug-likeness (QED) is 0.604. The number of aryl methyl sites for hydroxylation is 1. The van der Waals surface area contributed by atoms with Gasteiger partial charge in [0.1, 0.15) is 0 Å². The molecule has 84 valence electrons. The molecule has 0 saturated carbocycles. The fourth-order valence-electron chi connectivity index (χ4n) is 1.77. The second kappa shape index (κ2) is 4.92. The third-order valence-electron chi connectivity index (χ3n) is 2.64. The van der Waals surface area contributed by atoms with Crippen LogP contribution < -0.4 is 11.3 Å². The molecule has 0 radical (unpaired) electrons. The molecule has 2 rings (SSSR count). The Balaban J connectivity index is 2.20. The van der Waals surface area contributed by atoms with E-state index in [0.717, 1.165) is 23.2 Å². The van der Waals surface area contributed by atoms with Gasteiger partial charge in [0.2, 0.25) is 0 Å². The molecule has 16 heavy (non-hydrogen) atoms. The highest BCUT2D eigenvalue weighted by molar-refractivity contribution is 5.24. The fraction of sp³-hybridized carbons (Fsp3) is 0.250. The van der Waals surface area contributed by atoms with Crippen LogP contribution in [0.4, 0.5) is 0 Å². The number of rotatable bonds is 4. The number of nitrogens with one attached hydrogen (secondary N) is 1. The molecule has 0 aliphatic carbocycles. The highest BCUT2D eigenvalue weighted by Crippen LogP contribution is 2.19. The van der Waals surface area contributed by atoms with E-state index in [1.54, 1.807) is 18.7 Å². The molecule has 1 atom stereocenters. The predicted octanol–water partition coefficient (Wildman–Crippen LogP) is 1.73. The van der Waals surface area contributed by atoms with E-state index in [0.29, 0.717) is 0 Å². The minimum Gasteiger partial charge on any atom is -0.472 e. The molecular weight excluding hydrogens is 202 g/mol. The molecule has 4 heteroatoms. The van der Waals surface area contributed by atoms with Crippen LogP contribution in [0.3, 0.4) is 0 Å². The summed E-state index contributed by atoms with van der Waals surface area (Å²) in [4.78, 5) is 4.26. The molecule has 0 fully saturated rings. The summed E-state index contributed by atoms with van der Waals surface area (Å²) >= 11 is 0. The first kappa shape index (κ1) is 10.9. The van der Waals surface area contributed by atoms with Crippen LogP contribution in [-0.4, -0.2) is 4.98 Å². The largest absolute Gasteiger partial charge is 0.472 e. The minimum atomic E-state index is 0.0614. The van der Waals surface area contributed by atoms with Crippen molar-refractivity contribution < 1.29 is 4.42 Å². The monoisotopic (exact) mass is 217 g/mol. The van der Waals surface area contributed by atoms with E-state index >= 15 is 0 Å². The van der Waals surface area contributed by atoms with Gasteiger partial charge in [-0.3, -0.25) is 16.3 Å². The van der Waals surface area contributed by atoms with Crippen molar-refractivity contribution in [1.82, 2.24) is 10.4 Å². The summed E-state index contributed by atoms with van der Waals surface area (Å²) in [5, 5.41) is 0. The summed E-state index contributed by atoms with van der Waals surface area (Å²) in [7, 11) is 0. The Labute approximate surface area is 94.5 Å². The standard InChI is InChI=1S/C12H15N3O/c1-9-11(3-2-5-14-9)12(15-13)7-10-4-6-16-8-10/h2-6,8,12,15H,7,13H2,1H3. The summed E-state index contributed by atoms with van der Waals surface area (Å²) in [5.41, 5.74) is 6.04. The van der Waals surface area contributed by atoms with Crippen LogP contribution in [0.5, 0.6) is 0 Å². The molecule has 0 aromatic carbocycles. The van der Waals surface area contributed by atoms with Crippen molar-refractivity contribution >= 4 is 0 Å². The lowest BCUT2D eigenvalue weighted by Gasteiger charge is -2.16. The van der Waals surface area contributed by atoms with Crippen LogP contribution in [0.2, 0.25) is 0 Å². The van der Waals surface area contributed by atoms with E-state index in [1.165, 1.54) is 0 Å². The van der Waals surface area contributed by atoms with Crippen LogP contribution >= 0.6 is 0 Å². The first-order chi connectivity index (χ1) is 7.81. The number of nitrogens with zero attached hydrogens (tertiary/aromatic N) is 1.